The van der Waals surface area contributed by atoms with Crippen molar-refractivity contribution in [1.82, 2.24) is 0 Å². The first-order valence-corrected chi connectivity index (χ1v) is 22.6. The van der Waals surface area contributed by atoms with Gasteiger partial charge in [0.1, 0.15) is 17.8 Å². The molecule has 0 bridgehead atoms. The number of likely N-dealkylation sites (N-methyl/N-ethyl adjacent to an activating group) is 2. The highest BCUT2D eigenvalue weighted by Gasteiger charge is 2.41. The number of hydrogen-bond acceptors (Lipinski definition) is 12. The highest BCUT2D eigenvalue weighted by Crippen LogP contribution is 2.44. The van der Waals surface area contributed by atoms with Gasteiger partial charge in [0.2, 0.25) is 0 Å². The van der Waals surface area contributed by atoms with E-state index in [2.05, 4.69) is 32.3 Å². The maximum atomic E-state index is 12.8. The van der Waals surface area contributed by atoms with Crippen molar-refractivity contribution in [3.8, 4) is 28.7 Å². The van der Waals surface area contributed by atoms with Crippen LogP contribution in [-0.4, -0.2) is 125 Å². The minimum Gasteiger partial charge on any atom is -0.496 e. The van der Waals surface area contributed by atoms with Crippen LogP contribution >= 0.6 is 0 Å². The zero-order chi connectivity index (χ0) is 47.4. The Morgan fingerprint density at radius 2 is 0.985 bits per heavy atom. The van der Waals surface area contributed by atoms with E-state index in [9.17, 15) is 24.9 Å². The van der Waals surface area contributed by atoms with Gasteiger partial charge in [0.05, 0.1) is 109 Å². The van der Waals surface area contributed by atoms with Crippen molar-refractivity contribution in [3.05, 3.63) is 123 Å². The van der Waals surface area contributed by atoms with Gasteiger partial charge in [0.25, 0.3) is 0 Å². The van der Waals surface area contributed by atoms with Crippen molar-refractivity contribution >= 4 is 11.9 Å². The molecule has 2 heterocycles. The first-order chi connectivity index (χ1) is 31.9. The molecular formula is C52H68N2O12+2. The van der Waals surface area contributed by atoms with Crippen LogP contribution in [0.15, 0.2) is 72.8 Å². The van der Waals surface area contributed by atoms with Crippen LogP contribution in [0.2, 0.25) is 0 Å². The largest absolute Gasteiger partial charge is 0.496 e. The molecule has 0 fully saturated rings. The van der Waals surface area contributed by atoms with Crippen molar-refractivity contribution in [3.63, 3.8) is 0 Å². The summed E-state index contributed by atoms with van der Waals surface area (Å²) in [4.78, 5) is 25.6. The van der Waals surface area contributed by atoms with Crippen LogP contribution in [0, 0.1) is 0 Å². The van der Waals surface area contributed by atoms with Gasteiger partial charge < -0.3 is 57.4 Å². The fraction of sp³-hybridized carbons (Fsp3) is 0.462. The zero-order valence-electron chi connectivity index (χ0n) is 39.6. The molecule has 0 amide bonds. The second kappa shape index (κ2) is 22.7. The number of fused-ring (bicyclic) bond motifs is 2. The summed E-state index contributed by atoms with van der Waals surface area (Å²) >= 11 is 0. The van der Waals surface area contributed by atoms with E-state index in [0.29, 0.717) is 74.6 Å². The summed E-state index contributed by atoms with van der Waals surface area (Å²) in [7, 11) is 12.6. The highest BCUT2D eigenvalue weighted by molar-refractivity contribution is 5.91. The molecule has 14 nitrogen and oxygen atoms in total. The third kappa shape index (κ3) is 11.5. The molecule has 0 saturated heterocycles. The Balaban J connectivity index is 1.04. The Kier molecular flexibility index (Phi) is 17.1. The van der Waals surface area contributed by atoms with Crippen LogP contribution in [0.3, 0.4) is 0 Å². The lowest BCUT2D eigenvalue weighted by molar-refractivity contribution is -0.941. The van der Waals surface area contributed by atoms with E-state index in [1.807, 2.05) is 42.5 Å². The van der Waals surface area contributed by atoms with E-state index in [1.54, 1.807) is 35.5 Å². The highest BCUT2D eigenvalue weighted by atomic mass is 16.5. The lowest BCUT2D eigenvalue weighted by Crippen LogP contribution is -2.52. The molecule has 2 aliphatic rings. The molecule has 14 heteroatoms. The minimum atomic E-state index is -0.620. The Hall–Kier alpha value is -5.64. The molecule has 0 unspecified atom stereocenters. The minimum absolute atomic E-state index is 0.00625. The van der Waals surface area contributed by atoms with Gasteiger partial charge in [-0.05, 0) is 69.8 Å². The standard InChI is InChI=1S/C52H68N2O12/c1-53(20-16-37-28-40(33-56)41(34-57)29-42(37)44(53)24-35-10-12-39(32-55)47(26-35)61-4)18-8-22-65-51(58)14-15-52(59)66-23-9-19-54(2)21-17-38-30-49(63-6)50(64-7)31-43(38)45(54)25-36-11-13-46(60-3)48(27-36)62-5/h10-15,26-31,44-45,55-57H,8-9,16-25,32-34H2,1-7H3/q+2/b15-14+/t44-,45-,53+,54+/m1/s1. The number of hydrogen-bond donors (Lipinski definition) is 3. The van der Waals surface area contributed by atoms with Crippen LogP contribution in [0.1, 0.15) is 75.0 Å². The Morgan fingerprint density at radius 1 is 0.545 bits per heavy atom. The van der Waals surface area contributed by atoms with Gasteiger partial charge >= 0.3 is 11.9 Å². The van der Waals surface area contributed by atoms with Gasteiger partial charge in [0, 0.05) is 67.4 Å². The number of aliphatic hydroxyl groups excluding tert-OH is 3. The Bertz CT molecular complexity index is 2190. The number of rotatable bonds is 22. The zero-order valence-corrected chi connectivity index (χ0v) is 39.6. The summed E-state index contributed by atoms with van der Waals surface area (Å²) in [5, 5.41) is 30.0. The number of quaternary nitrogens is 2. The average Bonchev–Trinajstić information content (AvgIpc) is 3.34. The fourth-order valence-electron chi connectivity index (χ4n) is 9.91. The first-order valence-electron chi connectivity index (χ1n) is 22.6. The van der Waals surface area contributed by atoms with E-state index in [0.717, 1.165) is 78.9 Å². The van der Waals surface area contributed by atoms with Crippen LogP contribution in [0.5, 0.6) is 28.7 Å². The van der Waals surface area contributed by atoms with Crippen LogP contribution in [-0.2, 0) is 64.6 Å². The number of esters is 2. The maximum absolute atomic E-state index is 12.8. The monoisotopic (exact) mass is 912 g/mol. The molecule has 6 rings (SSSR count). The van der Waals surface area contributed by atoms with Crippen LogP contribution in [0.25, 0.3) is 0 Å². The van der Waals surface area contributed by atoms with Gasteiger partial charge in [-0.3, -0.25) is 0 Å². The molecule has 4 aromatic carbocycles. The van der Waals surface area contributed by atoms with Gasteiger partial charge in [-0.1, -0.05) is 24.3 Å². The molecule has 2 aliphatic heterocycles. The number of ether oxygens (including phenoxy) is 7. The van der Waals surface area contributed by atoms with Crippen molar-refractivity contribution in [1.29, 1.82) is 0 Å². The molecule has 0 spiro atoms. The Morgan fingerprint density at radius 3 is 1.50 bits per heavy atom. The average molecular weight is 913 g/mol. The van der Waals surface area contributed by atoms with Crippen molar-refractivity contribution < 1.29 is 67.0 Å². The van der Waals surface area contributed by atoms with Gasteiger partial charge in [-0.2, -0.15) is 0 Å². The lowest BCUT2D eigenvalue weighted by Gasteiger charge is -2.46. The molecule has 0 radical (unpaired) electrons. The second-order valence-electron chi connectivity index (χ2n) is 17.7. The van der Waals surface area contributed by atoms with E-state index >= 15 is 0 Å². The Labute approximate surface area is 389 Å². The predicted molar refractivity (Wildman–Crippen MR) is 249 cm³/mol. The fourth-order valence-corrected chi connectivity index (χ4v) is 9.91. The number of aliphatic hydroxyl groups is 3. The van der Waals surface area contributed by atoms with Crippen LogP contribution < -0.4 is 23.7 Å². The van der Waals surface area contributed by atoms with Gasteiger partial charge in [-0.15, -0.1) is 0 Å². The lowest BCUT2D eigenvalue weighted by atomic mass is 9.84. The first kappa shape index (κ1) is 49.8. The number of nitrogens with zero attached hydrogens (tertiary/aromatic N) is 2. The van der Waals surface area contributed by atoms with E-state index in [-0.39, 0.29) is 45.1 Å². The molecule has 0 aromatic heterocycles. The number of carbonyl (C=O) groups is 2. The molecule has 0 aliphatic carbocycles. The smallest absolute Gasteiger partial charge is 0.331 e. The van der Waals surface area contributed by atoms with Crippen molar-refractivity contribution in [2.24, 2.45) is 0 Å². The summed E-state index contributed by atoms with van der Waals surface area (Å²) in [5.41, 5.74) is 8.93. The maximum Gasteiger partial charge on any atom is 0.331 e. The third-order valence-corrected chi connectivity index (χ3v) is 13.8. The normalized spacial score (nSPS) is 20.0. The summed E-state index contributed by atoms with van der Waals surface area (Å²) in [6.45, 7) is 3.03. The third-order valence-electron chi connectivity index (χ3n) is 13.8. The van der Waals surface area contributed by atoms with E-state index < -0.39 is 11.9 Å². The molecule has 4 atom stereocenters. The second-order valence-corrected chi connectivity index (χ2v) is 17.7. The molecule has 4 aromatic rings. The van der Waals surface area contributed by atoms with Gasteiger partial charge in [-0.25, -0.2) is 9.59 Å². The van der Waals surface area contributed by atoms with Crippen molar-refractivity contribution in [2.75, 3.05) is 89.0 Å². The quantitative estimate of drug-likeness (QED) is 0.0372. The number of benzene rings is 4. The van der Waals surface area contributed by atoms with Gasteiger partial charge in [0.15, 0.2) is 23.0 Å². The van der Waals surface area contributed by atoms with E-state index in [1.165, 1.54) is 11.1 Å². The summed E-state index contributed by atoms with van der Waals surface area (Å²) in [6, 6.07) is 20.1. The topological polar surface area (TPSA) is 159 Å². The molecule has 356 valence electrons. The summed E-state index contributed by atoms with van der Waals surface area (Å²) in [5.74, 6) is 2.10. The van der Waals surface area contributed by atoms with Crippen molar-refractivity contribution in [2.45, 2.75) is 70.4 Å². The number of methoxy groups -OCH3 is 5. The molecule has 3 N–H and O–H groups in total. The molecular weight excluding hydrogens is 845 g/mol. The number of carbonyl (C=O) groups excluding carboxylic acids is 2. The predicted octanol–water partition coefficient (Wildman–Crippen LogP) is 5.90. The molecule has 66 heavy (non-hydrogen) atoms. The summed E-state index contributed by atoms with van der Waals surface area (Å²) < 4.78 is 40.6. The van der Waals surface area contributed by atoms with Crippen LogP contribution in [0.4, 0.5) is 0 Å². The summed E-state index contributed by atoms with van der Waals surface area (Å²) in [6.07, 6.45) is 6.45. The van der Waals surface area contributed by atoms with E-state index in [4.69, 9.17) is 33.2 Å². The SMILES string of the molecule is COc1cc(C[C@@H]2c3cc(CO)c(CO)cc3CC[N@+]2(C)CCCOC(=O)/C=C/C(=O)OCCC[N@@+]2(C)CCc3cc(OC)c(OC)cc3[C@H]2Cc2ccc(OC)c(OC)c2)ccc1CO. The molecule has 0 saturated carbocycles.